The third kappa shape index (κ3) is 5.85. The van der Waals surface area contributed by atoms with Gasteiger partial charge in [0.2, 0.25) is 5.91 Å². The van der Waals surface area contributed by atoms with E-state index in [4.69, 9.17) is 5.11 Å². The molecular formula is C13H19N3O3. The molecule has 0 radical (unpaired) electrons. The van der Waals surface area contributed by atoms with E-state index in [-0.39, 0.29) is 17.1 Å². The van der Waals surface area contributed by atoms with Crippen LogP contribution in [0, 0.1) is 0 Å². The number of hydrogen-bond acceptors (Lipinski definition) is 4. The number of carboxylic acids is 1. The quantitative estimate of drug-likeness (QED) is 0.750. The average molecular weight is 265 g/mol. The molecule has 1 heterocycles. The molecule has 104 valence electrons. The zero-order valence-electron chi connectivity index (χ0n) is 11.4. The fraction of sp³-hybridized carbons (Fsp3) is 0.462. The van der Waals surface area contributed by atoms with Gasteiger partial charge < -0.3 is 15.7 Å². The fourth-order valence-electron chi connectivity index (χ4n) is 1.43. The Morgan fingerprint density at radius 1 is 1.32 bits per heavy atom. The number of rotatable bonds is 5. The van der Waals surface area contributed by atoms with E-state index in [2.05, 4.69) is 15.6 Å². The van der Waals surface area contributed by atoms with E-state index < -0.39 is 5.97 Å². The van der Waals surface area contributed by atoms with E-state index >= 15 is 0 Å². The van der Waals surface area contributed by atoms with Crippen molar-refractivity contribution in [3.63, 3.8) is 0 Å². The van der Waals surface area contributed by atoms with Crippen LogP contribution in [0.3, 0.4) is 0 Å². The Morgan fingerprint density at radius 3 is 2.47 bits per heavy atom. The van der Waals surface area contributed by atoms with Gasteiger partial charge in [0.15, 0.2) is 0 Å². The number of carboxylic acid groups (broad SMARTS) is 1. The Balaban J connectivity index is 2.37. The van der Waals surface area contributed by atoms with Crippen LogP contribution < -0.4 is 10.6 Å². The lowest BCUT2D eigenvalue weighted by atomic mass is 10.1. The first-order valence-corrected chi connectivity index (χ1v) is 6.02. The van der Waals surface area contributed by atoms with E-state index in [1.165, 1.54) is 12.3 Å². The van der Waals surface area contributed by atoms with Crippen molar-refractivity contribution in [1.29, 1.82) is 0 Å². The van der Waals surface area contributed by atoms with Crippen LogP contribution >= 0.6 is 0 Å². The first-order chi connectivity index (χ1) is 8.78. The summed E-state index contributed by atoms with van der Waals surface area (Å²) in [7, 11) is 0. The lowest BCUT2D eigenvalue weighted by molar-refractivity contribution is -0.122. The molecule has 1 amide bonds. The molecule has 0 aliphatic heterocycles. The highest BCUT2D eigenvalue weighted by Crippen LogP contribution is 2.06. The van der Waals surface area contributed by atoms with Gasteiger partial charge in [-0.1, -0.05) is 0 Å². The first-order valence-electron chi connectivity index (χ1n) is 6.02. The van der Waals surface area contributed by atoms with E-state index in [1.54, 1.807) is 6.07 Å². The summed E-state index contributed by atoms with van der Waals surface area (Å²) < 4.78 is 0. The lowest BCUT2D eigenvalue weighted by Crippen LogP contribution is -2.41. The average Bonchev–Trinajstić information content (AvgIpc) is 2.27. The maximum absolute atomic E-state index is 11.5. The topological polar surface area (TPSA) is 91.3 Å². The number of aromatic carboxylic acids is 1. The van der Waals surface area contributed by atoms with Crippen LogP contribution in [0.25, 0.3) is 0 Å². The minimum Gasteiger partial charge on any atom is -0.477 e. The Kier molecular flexibility index (Phi) is 4.86. The number of carbonyl (C=O) groups is 2. The van der Waals surface area contributed by atoms with Crippen LogP contribution in [-0.4, -0.2) is 34.1 Å². The lowest BCUT2D eigenvalue weighted by Gasteiger charge is -2.20. The van der Waals surface area contributed by atoms with Gasteiger partial charge in [0.1, 0.15) is 5.69 Å². The van der Waals surface area contributed by atoms with Crippen molar-refractivity contribution in [2.24, 2.45) is 0 Å². The van der Waals surface area contributed by atoms with Crippen molar-refractivity contribution in [3.8, 4) is 0 Å². The molecular weight excluding hydrogens is 246 g/mol. The maximum Gasteiger partial charge on any atom is 0.354 e. The molecule has 6 heteroatoms. The minimum absolute atomic E-state index is 0.00368. The molecule has 0 spiro atoms. The molecule has 0 fully saturated rings. The predicted molar refractivity (Wildman–Crippen MR) is 72.2 cm³/mol. The van der Waals surface area contributed by atoms with Gasteiger partial charge in [0, 0.05) is 18.5 Å². The van der Waals surface area contributed by atoms with E-state index in [0.29, 0.717) is 18.7 Å². The van der Waals surface area contributed by atoms with Crippen LogP contribution in [0.4, 0.5) is 5.69 Å². The van der Waals surface area contributed by atoms with Crippen molar-refractivity contribution >= 4 is 17.6 Å². The van der Waals surface area contributed by atoms with Crippen molar-refractivity contribution in [3.05, 3.63) is 24.0 Å². The van der Waals surface area contributed by atoms with E-state index in [1.807, 2.05) is 20.8 Å². The zero-order chi connectivity index (χ0) is 14.5. The summed E-state index contributed by atoms with van der Waals surface area (Å²) in [5, 5.41) is 14.6. The summed E-state index contributed by atoms with van der Waals surface area (Å²) >= 11 is 0. The highest BCUT2D eigenvalue weighted by Gasteiger charge is 2.12. The molecule has 6 nitrogen and oxygen atoms in total. The molecule has 1 aromatic heterocycles. The van der Waals surface area contributed by atoms with E-state index in [9.17, 15) is 9.59 Å². The normalized spacial score (nSPS) is 10.9. The summed E-state index contributed by atoms with van der Waals surface area (Å²) in [5.41, 5.74) is 0.450. The number of nitrogens with one attached hydrogen (secondary N) is 2. The summed E-state index contributed by atoms with van der Waals surface area (Å²) in [4.78, 5) is 25.9. The molecule has 0 bridgehead atoms. The van der Waals surface area contributed by atoms with Gasteiger partial charge in [0.25, 0.3) is 0 Å². The maximum atomic E-state index is 11.5. The van der Waals surface area contributed by atoms with Gasteiger partial charge in [-0.25, -0.2) is 9.78 Å². The summed E-state index contributed by atoms with van der Waals surface area (Å²) in [5.74, 6) is -1.09. The molecule has 0 aromatic carbocycles. The van der Waals surface area contributed by atoms with Gasteiger partial charge in [-0.05, 0) is 32.9 Å². The molecule has 0 unspecified atom stereocenters. The molecule has 0 aliphatic rings. The van der Waals surface area contributed by atoms with E-state index in [0.717, 1.165) is 0 Å². The molecule has 3 N–H and O–H groups in total. The number of hydrogen-bond donors (Lipinski definition) is 3. The summed E-state index contributed by atoms with van der Waals surface area (Å²) in [6, 6.07) is 3.04. The zero-order valence-corrected chi connectivity index (χ0v) is 11.4. The second kappa shape index (κ2) is 6.17. The van der Waals surface area contributed by atoms with Crippen LogP contribution in [0.2, 0.25) is 0 Å². The van der Waals surface area contributed by atoms with Gasteiger partial charge in [-0.3, -0.25) is 4.79 Å². The third-order valence-electron chi connectivity index (χ3n) is 2.18. The van der Waals surface area contributed by atoms with Gasteiger partial charge >= 0.3 is 5.97 Å². The molecule has 0 saturated heterocycles. The Hall–Kier alpha value is -2.11. The third-order valence-corrected chi connectivity index (χ3v) is 2.18. The number of carbonyl (C=O) groups excluding carboxylic acids is 1. The van der Waals surface area contributed by atoms with Gasteiger partial charge in [0.05, 0.1) is 11.9 Å². The Labute approximate surface area is 112 Å². The Morgan fingerprint density at radius 2 is 2.00 bits per heavy atom. The second-order valence-corrected chi connectivity index (χ2v) is 5.21. The summed E-state index contributed by atoms with van der Waals surface area (Å²) in [6.07, 6.45) is 1.78. The second-order valence-electron chi connectivity index (χ2n) is 5.21. The number of pyridine rings is 1. The number of anilines is 1. The smallest absolute Gasteiger partial charge is 0.354 e. The largest absolute Gasteiger partial charge is 0.477 e. The number of amides is 1. The molecule has 1 rings (SSSR count). The number of nitrogens with zero attached hydrogens (tertiary/aromatic N) is 1. The highest BCUT2D eigenvalue weighted by molar-refractivity contribution is 5.85. The van der Waals surface area contributed by atoms with Crippen LogP contribution in [-0.2, 0) is 4.79 Å². The molecule has 1 aromatic rings. The molecule has 0 atom stereocenters. The first kappa shape index (κ1) is 14.9. The van der Waals surface area contributed by atoms with Crippen molar-refractivity contribution in [1.82, 2.24) is 10.3 Å². The minimum atomic E-state index is -1.06. The fourth-order valence-corrected chi connectivity index (χ4v) is 1.43. The van der Waals surface area contributed by atoms with Crippen LogP contribution in [0.1, 0.15) is 37.7 Å². The van der Waals surface area contributed by atoms with Crippen molar-refractivity contribution in [2.45, 2.75) is 32.7 Å². The van der Waals surface area contributed by atoms with Crippen LogP contribution in [0.5, 0.6) is 0 Å². The molecule has 0 aliphatic carbocycles. The number of aromatic nitrogens is 1. The van der Waals surface area contributed by atoms with Crippen LogP contribution in [0.15, 0.2) is 18.3 Å². The SMILES string of the molecule is CC(C)(C)NC(=O)CCNc1ccc(C(=O)O)nc1. The van der Waals surface area contributed by atoms with Crippen molar-refractivity contribution in [2.75, 3.05) is 11.9 Å². The van der Waals surface area contributed by atoms with Crippen molar-refractivity contribution < 1.29 is 14.7 Å². The highest BCUT2D eigenvalue weighted by atomic mass is 16.4. The standard InChI is InChI=1S/C13H19N3O3/c1-13(2,3)16-11(17)6-7-14-9-4-5-10(12(18)19)15-8-9/h4-5,8,14H,6-7H2,1-3H3,(H,16,17)(H,18,19). The monoisotopic (exact) mass is 265 g/mol. The predicted octanol–water partition coefficient (Wildman–Crippen LogP) is 1.50. The molecule has 19 heavy (non-hydrogen) atoms. The van der Waals surface area contributed by atoms with Gasteiger partial charge in [-0.15, -0.1) is 0 Å². The Bertz CT molecular complexity index is 449. The van der Waals surface area contributed by atoms with Gasteiger partial charge in [-0.2, -0.15) is 0 Å². The summed E-state index contributed by atoms with van der Waals surface area (Å²) in [6.45, 7) is 6.24. The molecule has 0 saturated carbocycles.